The molecule has 0 unspecified atom stereocenters. The van der Waals surface area contributed by atoms with E-state index in [1.165, 1.54) is 32.1 Å². The fourth-order valence-corrected chi connectivity index (χ4v) is 4.17. The van der Waals surface area contributed by atoms with Gasteiger partial charge in [-0.1, -0.05) is 38.2 Å². The minimum atomic E-state index is -0.226. The van der Waals surface area contributed by atoms with E-state index in [9.17, 15) is 9.59 Å². The van der Waals surface area contributed by atoms with Crippen LogP contribution < -0.4 is 10.6 Å². The molecule has 2 aromatic carbocycles. The number of hydrogen-bond donors (Lipinski definition) is 2. The third-order valence-electron chi connectivity index (χ3n) is 6.01. The van der Waals surface area contributed by atoms with Crippen LogP contribution in [-0.4, -0.2) is 21.8 Å². The molecule has 1 fully saturated rings. The van der Waals surface area contributed by atoms with Crippen LogP contribution in [0.5, 0.6) is 0 Å². The summed E-state index contributed by atoms with van der Waals surface area (Å²) in [6.07, 6.45) is 11.1. The highest BCUT2D eigenvalue weighted by atomic mass is 16.2. The Bertz CT molecular complexity index is 1090. The first-order valence-corrected chi connectivity index (χ1v) is 11.0. The minimum Gasteiger partial charge on any atom is -0.326 e. The van der Waals surface area contributed by atoms with Crippen LogP contribution in [0.15, 0.2) is 48.8 Å². The number of carbonyl (C=O) groups excluding carboxylic acids is 2. The number of rotatable bonds is 6. The lowest BCUT2D eigenvalue weighted by molar-refractivity contribution is -0.116. The second kappa shape index (κ2) is 9.69. The molecule has 1 aromatic heterocycles. The van der Waals surface area contributed by atoms with E-state index in [1.54, 1.807) is 30.6 Å². The zero-order valence-corrected chi connectivity index (χ0v) is 17.9. The summed E-state index contributed by atoms with van der Waals surface area (Å²) in [5, 5.41) is 5.93. The first-order chi connectivity index (χ1) is 15.1. The van der Waals surface area contributed by atoms with Gasteiger partial charge in [-0.25, -0.2) is 0 Å². The Balaban J connectivity index is 1.39. The molecule has 6 nitrogen and oxygen atoms in total. The number of aromatic nitrogens is 2. The summed E-state index contributed by atoms with van der Waals surface area (Å²) in [4.78, 5) is 33.7. The average Bonchev–Trinajstić information content (AvgIpc) is 2.80. The van der Waals surface area contributed by atoms with Crippen LogP contribution in [0.3, 0.4) is 0 Å². The molecule has 1 aliphatic carbocycles. The molecule has 0 saturated heterocycles. The third-order valence-corrected chi connectivity index (χ3v) is 6.01. The van der Waals surface area contributed by atoms with E-state index in [1.807, 2.05) is 25.1 Å². The molecule has 31 heavy (non-hydrogen) atoms. The van der Waals surface area contributed by atoms with E-state index in [-0.39, 0.29) is 11.8 Å². The normalized spacial score (nSPS) is 14.4. The maximum absolute atomic E-state index is 12.8. The number of carbonyl (C=O) groups is 2. The van der Waals surface area contributed by atoms with E-state index in [0.717, 1.165) is 17.5 Å². The van der Waals surface area contributed by atoms with Crippen molar-refractivity contribution in [1.29, 1.82) is 0 Å². The van der Waals surface area contributed by atoms with Gasteiger partial charge in [0.2, 0.25) is 5.91 Å². The van der Waals surface area contributed by atoms with Gasteiger partial charge in [0.25, 0.3) is 5.91 Å². The molecule has 4 rings (SSSR count). The van der Waals surface area contributed by atoms with Crippen molar-refractivity contribution in [3.8, 4) is 0 Å². The lowest BCUT2D eigenvalue weighted by Gasteiger charge is -2.21. The highest BCUT2D eigenvalue weighted by molar-refractivity contribution is 6.06. The van der Waals surface area contributed by atoms with E-state index in [0.29, 0.717) is 34.8 Å². The van der Waals surface area contributed by atoms with Gasteiger partial charge in [-0.3, -0.25) is 19.6 Å². The molecule has 1 saturated carbocycles. The predicted molar refractivity (Wildman–Crippen MR) is 123 cm³/mol. The van der Waals surface area contributed by atoms with Crippen LogP contribution in [-0.2, 0) is 4.79 Å². The Morgan fingerprint density at radius 1 is 0.935 bits per heavy atom. The number of nitrogens with zero attached hydrogens (tertiary/aromatic N) is 2. The summed E-state index contributed by atoms with van der Waals surface area (Å²) in [6, 6.07) is 10.8. The Hall–Kier alpha value is -3.28. The van der Waals surface area contributed by atoms with Crippen molar-refractivity contribution in [3.63, 3.8) is 0 Å². The number of hydrogen-bond acceptors (Lipinski definition) is 4. The molecule has 1 aliphatic rings. The van der Waals surface area contributed by atoms with E-state index < -0.39 is 0 Å². The van der Waals surface area contributed by atoms with Crippen LogP contribution in [0.4, 0.5) is 11.4 Å². The summed E-state index contributed by atoms with van der Waals surface area (Å²) in [6.45, 7) is 1.93. The zero-order valence-electron chi connectivity index (χ0n) is 17.9. The number of anilines is 2. The molecule has 0 radical (unpaired) electrons. The molecule has 0 bridgehead atoms. The summed E-state index contributed by atoms with van der Waals surface area (Å²) in [5.41, 5.74) is 4.22. The molecule has 3 aromatic rings. The van der Waals surface area contributed by atoms with Gasteiger partial charge in [0.1, 0.15) is 0 Å². The van der Waals surface area contributed by atoms with Crippen molar-refractivity contribution in [1.82, 2.24) is 9.97 Å². The zero-order chi connectivity index (χ0) is 21.6. The molecule has 0 aliphatic heterocycles. The number of amides is 2. The van der Waals surface area contributed by atoms with Gasteiger partial charge in [0.05, 0.1) is 11.0 Å². The quantitative estimate of drug-likeness (QED) is 0.556. The molecule has 1 heterocycles. The fourth-order valence-electron chi connectivity index (χ4n) is 4.17. The monoisotopic (exact) mass is 416 g/mol. The summed E-state index contributed by atoms with van der Waals surface area (Å²) in [7, 11) is 0. The van der Waals surface area contributed by atoms with Crippen molar-refractivity contribution in [2.45, 2.75) is 51.9 Å². The highest BCUT2D eigenvalue weighted by Gasteiger charge is 2.15. The Labute approximate surface area is 182 Å². The van der Waals surface area contributed by atoms with Gasteiger partial charge < -0.3 is 10.6 Å². The van der Waals surface area contributed by atoms with Crippen LogP contribution in [0.2, 0.25) is 0 Å². The minimum absolute atomic E-state index is 0.0276. The van der Waals surface area contributed by atoms with E-state index in [4.69, 9.17) is 0 Å². The maximum Gasteiger partial charge on any atom is 0.255 e. The number of aryl methyl sites for hydroxylation is 1. The van der Waals surface area contributed by atoms with E-state index in [2.05, 4.69) is 20.6 Å². The first-order valence-electron chi connectivity index (χ1n) is 11.0. The van der Waals surface area contributed by atoms with Gasteiger partial charge in [-0.15, -0.1) is 0 Å². The van der Waals surface area contributed by atoms with Crippen molar-refractivity contribution in [2.24, 2.45) is 5.92 Å². The van der Waals surface area contributed by atoms with Gasteiger partial charge >= 0.3 is 0 Å². The van der Waals surface area contributed by atoms with Crippen LogP contribution in [0.1, 0.15) is 60.9 Å². The first kappa shape index (κ1) is 21.0. The van der Waals surface area contributed by atoms with Crippen LogP contribution >= 0.6 is 0 Å². The number of benzene rings is 2. The topological polar surface area (TPSA) is 84.0 Å². The highest BCUT2D eigenvalue weighted by Crippen LogP contribution is 2.28. The SMILES string of the molecule is Cc1ccc(NC(=O)CCC2CCCCC2)cc1NC(=O)c1ccc2nccnc2c1. The van der Waals surface area contributed by atoms with Crippen LogP contribution in [0.25, 0.3) is 11.0 Å². The molecule has 6 heteroatoms. The van der Waals surface area contributed by atoms with Gasteiger partial charge in [-0.05, 0) is 55.2 Å². The molecule has 2 amide bonds. The molecular formula is C25H28N4O2. The molecule has 0 atom stereocenters. The van der Waals surface area contributed by atoms with Crippen molar-refractivity contribution < 1.29 is 9.59 Å². The van der Waals surface area contributed by atoms with Crippen LogP contribution in [0, 0.1) is 12.8 Å². The Kier molecular flexibility index (Phi) is 6.55. The van der Waals surface area contributed by atoms with Crippen molar-refractivity contribution in [3.05, 3.63) is 59.9 Å². The number of fused-ring (bicyclic) bond motifs is 1. The lowest BCUT2D eigenvalue weighted by Crippen LogP contribution is -2.16. The van der Waals surface area contributed by atoms with Gasteiger partial charge in [0, 0.05) is 35.8 Å². The fraction of sp³-hybridized carbons (Fsp3) is 0.360. The second-order valence-electron chi connectivity index (χ2n) is 8.33. The Morgan fingerprint density at radius 3 is 2.52 bits per heavy atom. The summed E-state index contributed by atoms with van der Waals surface area (Å²) < 4.78 is 0. The Morgan fingerprint density at radius 2 is 1.71 bits per heavy atom. The number of nitrogens with one attached hydrogen (secondary N) is 2. The van der Waals surface area contributed by atoms with Crippen molar-refractivity contribution in [2.75, 3.05) is 10.6 Å². The summed E-state index contributed by atoms with van der Waals surface area (Å²) in [5.74, 6) is 0.482. The molecule has 160 valence electrons. The molecule has 2 N–H and O–H groups in total. The maximum atomic E-state index is 12.8. The second-order valence-corrected chi connectivity index (χ2v) is 8.33. The smallest absolute Gasteiger partial charge is 0.255 e. The largest absolute Gasteiger partial charge is 0.326 e. The van der Waals surface area contributed by atoms with Gasteiger partial charge in [-0.2, -0.15) is 0 Å². The van der Waals surface area contributed by atoms with E-state index >= 15 is 0 Å². The van der Waals surface area contributed by atoms with Crippen molar-refractivity contribution >= 4 is 34.2 Å². The third kappa shape index (κ3) is 5.45. The molecule has 0 spiro atoms. The molecular weight excluding hydrogens is 388 g/mol. The lowest BCUT2D eigenvalue weighted by atomic mass is 9.86. The standard InChI is InChI=1S/C25H28N4O2/c1-17-7-10-20(28-24(30)12-8-18-5-3-2-4-6-18)16-22(17)29-25(31)19-9-11-21-23(15-19)27-14-13-26-21/h7,9-11,13-16,18H,2-6,8,12H2,1H3,(H,28,30)(H,29,31). The van der Waals surface area contributed by atoms with Gasteiger partial charge in [0.15, 0.2) is 0 Å². The summed E-state index contributed by atoms with van der Waals surface area (Å²) >= 11 is 0. The predicted octanol–water partition coefficient (Wildman–Crippen LogP) is 5.49. The average molecular weight is 417 g/mol.